The van der Waals surface area contributed by atoms with Gasteiger partial charge in [-0.3, -0.25) is 9.59 Å². The molecule has 0 spiro atoms. The van der Waals surface area contributed by atoms with Crippen LogP contribution in [0.5, 0.6) is 0 Å². The Morgan fingerprint density at radius 2 is 1.78 bits per heavy atom. The number of aliphatic hydroxyl groups is 1. The van der Waals surface area contributed by atoms with E-state index in [1.165, 1.54) is 6.07 Å². The van der Waals surface area contributed by atoms with E-state index in [2.05, 4.69) is 5.32 Å². The van der Waals surface area contributed by atoms with Gasteiger partial charge in [0.1, 0.15) is 0 Å². The first-order valence-electron chi connectivity index (χ1n) is 8.55. The fourth-order valence-corrected chi connectivity index (χ4v) is 3.48. The first-order valence-corrected chi connectivity index (χ1v) is 8.55. The standard InChI is InChI=1S/C20H19NO6/c22-10-16-12-3-1-4-14(20(26)27)19(12)13-8-7-11(9-15(13)16)21-17(23)5-2-6-18(24)25/h1,3-4,7-9,16,22H,2,5-6,10H2,(H,21,23)(H,24,25)(H,26,27). The second-order valence-electron chi connectivity index (χ2n) is 6.41. The Labute approximate surface area is 155 Å². The molecule has 0 aliphatic heterocycles. The zero-order valence-electron chi connectivity index (χ0n) is 14.4. The number of aromatic carboxylic acids is 1. The molecular weight excluding hydrogens is 350 g/mol. The van der Waals surface area contributed by atoms with E-state index < -0.39 is 11.9 Å². The van der Waals surface area contributed by atoms with Crippen LogP contribution in [0.1, 0.15) is 46.7 Å². The molecular formula is C20H19NO6. The number of carboxylic acids is 2. The van der Waals surface area contributed by atoms with Gasteiger partial charge >= 0.3 is 11.9 Å². The number of fused-ring (bicyclic) bond motifs is 3. The molecule has 0 radical (unpaired) electrons. The normalized spacial score (nSPS) is 14.3. The minimum Gasteiger partial charge on any atom is -0.481 e. The molecule has 0 saturated heterocycles. The largest absolute Gasteiger partial charge is 0.481 e. The van der Waals surface area contributed by atoms with Crippen molar-refractivity contribution >= 4 is 23.5 Å². The Bertz CT molecular complexity index is 921. The summed E-state index contributed by atoms with van der Waals surface area (Å²) in [6.45, 7) is -0.181. The number of carbonyl (C=O) groups excluding carboxylic acids is 1. The summed E-state index contributed by atoms with van der Waals surface area (Å²) in [6, 6.07) is 10.1. The van der Waals surface area contributed by atoms with Gasteiger partial charge in [0.2, 0.25) is 5.91 Å². The van der Waals surface area contributed by atoms with Crippen LogP contribution >= 0.6 is 0 Å². The summed E-state index contributed by atoms with van der Waals surface area (Å²) in [5, 5.41) is 30.7. The third-order valence-corrected chi connectivity index (χ3v) is 4.66. The number of anilines is 1. The van der Waals surface area contributed by atoms with E-state index in [4.69, 9.17) is 5.11 Å². The number of benzene rings is 2. The lowest BCUT2D eigenvalue weighted by atomic mass is 9.96. The molecule has 0 fully saturated rings. The minimum atomic E-state index is -1.04. The molecule has 1 atom stereocenters. The Morgan fingerprint density at radius 1 is 1.00 bits per heavy atom. The van der Waals surface area contributed by atoms with Crippen molar-refractivity contribution in [3.05, 3.63) is 53.1 Å². The highest BCUT2D eigenvalue weighted by Gasteiger charge is 2.31. The van der Waals surface area contributed by atoms with Gasteiger partial charge in [-0.05, 0) is 41.3 Å². The summed E-state index contributed by atoms with van der Waals surface area (Å²) in [7, 11) is 0. The van der Waals surface area contributed by atoms with Gasteiger partial charge < -0.3 is 20.6 Å². The fourth-order valence-electron chi connectivity index (χ4n) is 3.48. The molecule has 1 unspecified atom stereocenters. The van der Waals surface area contributed by atoms with Gasteiger partial charge in [0.05, 0.1) is 12.2 Å². The number of nitrogens with one attached hydrogen (secondary N) is 1. The third kappa shape index (κ3) is 3.68. The van der Waals surface area contributed by atoms with Gasteiger partial charge in [-0.2, -0.15) is 0 Å². The Kier molecular flexibility index (Phi) is 5.23. The van der Waals surface area contributed by atoms with Crippen molar-refractivity contribution in [3.63, 3.8) is 0 Å². The van der Waals surface area contributed by atoms with Crippen LogP contribution in [0.4, 0.5) is 5.69 Å². The summed E-state index contributed by atoms with van der Waals surface area (Å²) in [5.74, 6) is -2.64. The summed E-state index contributed by atoms with van der Waals surface area (Å²) < 4.78 is 0. The van der Waals surface area contributed by atoms with Crippen molar-refractivity contribution in [2.45, 2.75) is 25.2 Å². The van der Waals surface area contributed by atoms with Crippen LogP contribution in [0.2, 0.25) is 0 Å². The van der Waals surface area contributed by atoms with Gasteiger partial charge in [0, 0.05) is 30.0 Å². The summed E-state index contributed by atoms with van der Waals surface area (Å²) in [4.78, 5) is 34.1. The summed E-state index contributed by atoms with van der Waals surface area (Å²) >= 11 is 0. The Hall–Kier alpha value is -3.19. The number of aliphatic hydroxyl groups excluding tert-OH is 1. The smallest absolute Gasteiger partial charge is 0.336 e. The molecule has 7 heteroatoms. The average molecular weight is 369 g/mol. The van der Waals surface area contributed by atoms with E-state index >= 15 is 0 Å². The lowest BCUT2D eigenvalue weighted by Crippen LogP contribution is -2.12. The van der Waals surface area contributed by atoms with E-state index in [0.29, 0.717) is 11.3 Å². The van der Waals surface area contributed by atoms with Crippen molar-refractivity contribution in [1.82, 2.24) is 0 Å². The van der Waals surface area contributed by atoms with E-state index in [1.807, 2.05) is 0 Å². The SMILES string of the molecule is O=C(O)CCCC(=O)Nc1ccc2c(c1)C(CO)c1cccc(C(=O)O)c1-2. The molecule has 4 N–H and O–H groups in total. The number of carbonyl (C=O) groups is 3. The minimum absolute atomic E-state index is 0.0720. The lowest BCUT2D eigenvalue weighted by Gasteiger charge is -2.12. The molecule has 0 saturated carbocycles. The first kappa shape index (κ1) is 18.6. The molecule has 2 aromatic carbocycles. The number of amides is 1. The molecule has 0 bridgehead atoms. The molecule has 1 aliphatic rings. The van der Waals surface area contributed by atoms with Crippen LogP contribution in [-0.2, 0) is 9.59 Å². The third-order valence-electron chi connectivity index (χ3n) is 4.66. The van der Waals surface area contributed by atoms with E-state index in [1.54, 1.807) is 30.3 Å². The van der Waals surface area contributed by atoms with Gasteiger partial charge in [0.25, 0.3) is 0 Å². The van der Waals surface area contributed by atoms with Crippen molar-refractivity contribution in [2.75, 3.05) is 11.9 Å². The Balaban J connectivity index is 1.88. The van der Waals surface area contributed by atoms with E-state index in [-0.39, 0.29) is 43.3 Å². The van der Waals surface area contributed by atoms with Gasteiger partial charge in [-0.1, -0.05) is 18.2 Å². The van der Waals surface area contributed by atoms with Crippen molar-refractivity contribution in [2.24, 2.45) is 0 Å². The molecule has 2 aromatic rings. The predicted octanol–water partition coefficient (Wildman–Crippen LogP) is 2.68. The van der Waals surface area contributed by atoms with Crippen molar-refractivity contribution in [3.8, 4) is 11.1 Å². The van der Waals surface area contributed by atoms with Gasteiger partial charge in [-0.25, -0.2) is 4.79 Å². The van der Waals surface area contributed by atoms with Crippen molar-refractivity contribution in [1.29, 1.82) is 0 Å². The van der Waals surface area contributed by atoms with Gasteiger partial charge in [-0.15, -0.1) is 0 Å². The molecule has 0 heterocycles. The predicted molar refractivity (Wildman–Crippen MR) is 97.9 cm³/mol. The highest BCUT2D eigenvalue weighted by Crippen LogP contribution is 2.47. The molecule has 27 heavy (non-hydrogen) atoms. The van der Waals surface area contributed by atoms with Crippen LogP contribution in [0.3, 0.4) is 0 Å². The zero-order chi connectivity index (χ0) is 19.6. The molecule has 7 nitrogen and oxygen atoms in total. The van der Waals surface area contributed by atoms with Crippen LogP contribution in [0.25, 0.3) is 11.1 Å². The second-order valence-corrected chi connectivity index (χ2v) is 6.41. The number of carboxylic acid groups (broad SMARTS) is 2. The van der Waals surface area contributed by atoms with Crippen LogP contribution < -0.4 is 5.32 Å². The second kappa shape index (κ2) is 7.59. The van der Waals surface area contributed by atoms with Crippen LogP contribution in [0, 0.1) is 0 Å². The molecule has 140 valence electrons. The number of hydrogen-bond donors (Lipinski definition) is 4. The highest BCUT2D eigenvalue weighted by molar-refractivity contribution is 6.00. The van der Waals surface area contributed by atoms with E-state index in [0.717, 1.165) is 16.7 Å². The number of hydrogen-bond acceptors (Lipinski definition) is 4. The van der Waals surface area contributed by atoms with E-state index in [9.17, 15) is 24.6 Å². The van der Waals surface area contributed by atoms with Crippen molar-refractivity contribution < 1.29 is 29.7 Å². The fraction of sp³-hybridized carbons (Fsp3) is 0.250. The number of rotatable bonds is 7. The van der Waals surface area contributed by atoms with Crippen LogP contribution in [-0.4, -0.2) is 39.8 Å². The summed E-state index contributed by atoms with van der Waals surface area (Å²) in [6.07, 6.45) is 0.270. The van der Waals surface area contributed by atoms with Gasteiger partial charge in [0.15, 0.2) is 0 Å². The zero-order valence-corrected chi connectivity index (χ0v) is 14.4. The van der Waals surface area contributed by atoms with Crippen LogP contribution in [0.15, 0.2) is 36.4 Å². The maximum Gasteiger partial charge on any atom is 0.336 e. The maximum atomic E-state index is 12.0. The molecule has 0 aromatic heterocycles. The maximum absolute atomic E-state index is 12.0. The monoisotopic (exact) mass is 369 g/mol. The highest BCUT2D eigenvalue weighted by atomic mass is 16.4. The molecule has 3 rings (SSSR count). The Morgan fingerprint density at radius 3 is 2.44 bits per heavy atom. The molecule has 1 amide bonds. The number of aliphatic carboxylic acids is 1. The lowest BCUT2D eigenvalue weighted by molar-refractivity contribution is -0.137. The molecule has 1 aliphatic carbocycles. The average Bonchev–Trinajstić information content (AvgIpc) is 2.93. The topological polar surface area (TPSA) is 124 Å². The quantitative estimate of drug-likeness (QED) is 0.595. The summed E-state index contributed by atoms with van der Waals surface area (Å²) in [5.41, 5.74) is 3.53. The first-order chi connectivity index (χ1) is 12.9.